The molecule has 2 amide bonds. The highest BCUT2D eigenvalue weighted by atomic mass is 19.1. The lowest BCUT2D eigenvalue weighted by Gasteiger charge is -2.18. The van der Waals surface area contributed by atoms with Crippen LogP contribution in [0.5, 0.6) is 0 Å². The smallest absolute Gasteiger partial charge is 0.251 e. The van der Waals surface area contributed by atoms with Gasteiger partial charge in [0.25, 0.3) is 5.91 Å². The maximum Gasteiger partial charge on any atom is 0.251 e. The van der Waals surface area contributed by atoms with Crippen LogP contribution in [0.2, 0.25) is 0 Å². The van der Waals surface area contributed by atoms with Crippen LogP contribution in [0.4, 0.5) is 10.1 Å². The van der Waals surface area contributed by atoms with Gasteiger partial charge in [-0.05, 0) is 47.0 Å². The monoisotopic (exact) mass is 374 g/mol. The molecule has 0 radical (unpaired) electrons. The molecule has 4 nitrogen and oxygen atoms in total. The van der Waals surface area contributed by atoms with E-state index < -0.39 is 0 Å². The van der Waals surface area contributed by atoms with Gasteiger partial charge in [-0.3, -0.25) is 9.59 Å². The molecule has 0 unspecified atom stereocenters. The first-order chi connectivity index (χ1) is 13.6. The molecule has 28 heavy (non-hydrogen) atoms. The van der Waals surface area contributed by atoms with E-state index in [2.05, 4.69) is 5.32 Å². The minimum Gasteiger partial charge on any atom is -0.348 e. The number of halogens is 1. The maximum atomic E-state index is 13.1. The van der Waals surface area contributed by atoms with Crippen molar-refractivity contribution in [3.8, 4) is 0 Å². The molecule has 1 N–H and O–H groups in total. The van der Waals surface area contributed by atoms with Gasteiger partial charge in [0, 0.05) is 17.8 Å². The van der Waals surface area contributed by atoms with E-state index in [0.29, 0.717) is 18.7 Å². The van der Waals surface area contributed by atoms with Crippen molar-refractivity contribution in [1.29, 1.82) is 0 Å². The molecule has 4 rings (SSSR count). The molecule has 0 atom stereocenters. The standard InChI is InChI=1S/C23H19FN2O2/c24-20-9-6-17(7-10-20)15-26-21-11-8-18(12-19(21)13-22(26)27)23(28)25-14-16-4-2-1-3-5-16/h1-12H,13-15H2,(H,25,28). The Morgan fingerprint density at radius 3 is 2.46 bits per heavy atom. The van der Waals surface area contributed by atoms with Crippen molar-refractivity contribution < 1.29 is 14.0 Å². The lowest BCUT2D eigenvalue weighted by molar-refractivity contribution is -0.117. The fourth-order valence-corrected chi connectivity index (χ4v) is 3.35. The summed E-state index contributed by atoms with van der Waals surface area (Å²) in [5.74, 6) is -0.500. The second-order valence-electron chi connectivity index (χ2n) is 6.79. The third kappa shape index (κ3) is 3.78. The molecular weight excluding hydrogens is 355 g/mol. The molecular formula is C23H19FN2O2. The molecule has 0 saturated carbocycles. The third-order valence-corrected chi connectivity index (χ3v) is 4.83. The van der Waals surface area contributed by atoms with Crippen molar-refractivity contribution in [2.45, 2.75) is 19.5 Å². The fraction of sp³-hybridized carbons (Fsp3) is 0.130. The molecule has 1 aliphatic heterocycles. The van der Waals surface area contributed by atoms with Crippen molar-refractivity contribution in [2.24, 2.45) is 0 Å². The van der Waals surface area contributed by atoms with Gasteiger partial charge in [-0.1, -0.05) is 42.5 Å². The molecule has 5 heteroatoms. The number of hydrogen-bond donors (Lipinski definition) is 1. The number of carbonyl (C=O) groups excluding carboxylic acids is 2. The summed E-state index contributed by atoms with van der Waals surface area (Å²) < 4.78 is 13.1. The Balaban J connectivity index is 1.47. The van der Waals surface area contributed by atoms with Gasteiger partial charge in [0.15, 0.2) is 0 Å². The number of fused-ring (bicyclic) bond motifs is 1. The van der Waals surface area contributed by atoms with Crippen molar-refractivity contribution in [1.82, 2.24) is 5.32 Å². The van der Waals surface area contributed by atoms with E-state index in [1.807, 2.05) is 30.3 Å². The predicted octanol–water partition coefficient (Wildman–Crippen LogP) is 3.85. The van der Waals surface area contributed by atoms with Gasteiger partial charge >= 0.3 is 0 Å². The van der Waals surface area contributed by atoms with Crippen LogP contribution < -0.4 is 10.2 Å². The molecule has 0 bridgehead atoms. The highest BCUT2D eigenvalue weighted by Gasteiger charge is 2.28. The lowest BCUT2D eigenvalue weighted by atomic mass is 10.1. The summed E-state index contributed by atoms with van der Waals surface area (Å²) in [4.78, 5) is 26.6. The summed E-state index contributed by atoms with van der Waals surface area (Å²) >= 11 is 0. The molecule has 3 aromatic rings. The van der Waals surface area contributed by atoms with Crippen LogP contribution in [0.25, 0.3) is 0 Å². The van der Waals surface area contributed by atoms with Crippen LogP contribution >= 0.6 is 0 Å². The number of nitrogens with one attached hydrogen (secondary N) is 1. The van der Waals surface area contributed by atoms with Crippen molar-refractivity contribution in [2.75, 3.05) is 4.90 Å². The van der Waals surface area contributed by atoms with Crippen LogP contribution in [-0.2, 0) is 24.3 Å². The van der Waals surface area contributed by atoms with Crippen LogP contribution in [0.15, 0.2) is 72.8 Å². The molecule has 0 saturated heterocycles. The van der Waals surface area contributed by atoms with Gasteiger partial charge in [-0.2, -0.15) is 0 Å². The lowest BCUT2D eigenvalue weighted by Crippen LogP contribution is -2.26. The number of amides is 2. The second kappa shape index (κ2) is 7.64. The Hall–Kier alpha value is -3.47. The molecule has 1 heterocycles. The van der Waals surface area contributed by atoms with E-state index in [4.69, 9.17) is 0 Å². The Kier molecular flexibility index (Phi) is 4.89. The number of hydrogen-bond acceptors (Lipinski definition) is 2. The minimum atomic E-state index is -0.303. The van der Waals surface area contributed by atoms with E-state index in [0.717, 1.165) is 22.4 Å². The zero-order valence-corrected chi connectivity index (χ0v) is 15.2. The van der Waals surface area contributed by atoms with Gasteiger partial charge in [-0.25, -0.2) is 4.39 Å². The van der Waals surface area contributed by atoms with Gasteiger partial charge in [0.05, 0.1) is 13.0 Å². The average molecular weight is 374 g/mol. The van der Waals surface area contributed by atoms with Crippen LogP contribution in [0.1, 0.15) is 27.0 Å². The SMILES string of the molecule is O=C(NCc1ccccc1)c1ccc2c(c1)CC(=O)N2Cc1ccc(F)cc1. The number of benzene rings is 3. The summed E-state index contributed by atoms with van der Waals surface area (Å²) in [5.41, 5.74) is 4.05. The maximum absolute atomic E-state index is 13.1. The van der Waals surface area contributed by atoms with E-state index in [1.165, 1.54) is 12.1 Å². The topological polar surface area (TPSA) is 49.4 Å². The first kappa shape index (κ1) is 17.9. The Morgan fingerprint density at radius 1 is 0.964 bits per heavy atom. The highest BCUT2D eigenvalue weighted by molar-refractivity contribution is 6.03. The van der Waals surface area contributed by atoms with Crippen molar-refractivity contribution >= 4 is 17.5 Å². The second-order valence-corrected chi connectivity index (χ2v) is 6.79. The van der Waals surface area contributed by atoms with Gasteiger partial charge in [0.2, 0.25) is 5.91 Å². The molecule has 0 spiro atoms. The number of carbonyl (C=O) groups is 2. The zero-order valence-electron chi connectivity index (χ0n) is 15.2. The fourth-order valence-electron chi connectivity index (χ4n) is 3.35. The Labute approximate surface area is 162 Å². The first-order valence-corrected chi connectivity index (χ1v) is 9.10. The number of nitrogens with zero attached hydrogens (tertiary/aromatic N) is 1. The van der Waals surface area contributed by atoms with Crippen molar-refractivity contribution in [3.63, 3.8) is 0 Å². The van der Waals surface area contributed by atoms with Crippen LogP contribution in [0.3, 0.4) is 0 Å². The molecule has 140 valence electrons. The van der Waals surface area contributed by atoms with Gasteiger partial charge < -0.3 is 10.2 Å². The van der Waals surface area contributed by atoms with E-state index in [9.17, 15) is 14.0 Å². The first-order valence-electron chi connectivity index (χ1n) is 9.10. The minimum absolute atomic E-state index is 0.0267. The third-order valence-electron chi connectivity index (χ3n) is 4.83. The molecule has 0 aliphatic carbocycles. The van der Waals surface area contributed by atoms with Crippen LogP contribution in [-0.4, -0.2) is 11.8 Å². The van der Waals surface area contributed by atoms with Crippen LogP contribution in [0, 0.1) is 5.82 Å². The molecule has 0 fully saturated rings. The van der Waals surface area contributed by atoms with Gasteiger partial charge in [-0.15, -0.1) is 0 Å². The summed E-state index contributed by atoms with van der Waals surface area (Å²) in [7, 11) is 0. The van der Waals surface area contributed by atoms with E-state index in [-0.39, 0.29) is 24.1 Å². The number of rotatable bonds is 5. The summed E-state index contributed by atoms with van der Waals surface area (Å²) in [5, 5.41) is 2.90. The van der Waals surface area contributed by atoms with E-state index >= 15 is 0 Å². The van der Waals surface area contributed by atoms with Gasteiger partial charge in [0.1, 0.15) is 5.82 Å². The zero-order chi connectivity index (χ0) is 19.5. The average Bonchev–Trinajstić information content (AvgIpc) is 3.03. The number of anilines is 1. The summed E-state index contributed by atoms with van der Waals surface area (Å²) in [6.45, 7) is 0.831. The molecule has 3 aromatic carbocycles. The van der Waals surface area contributed by atoms with Crippen molar-refractivity contribution in [3.05, 3.63) is 101 Å². The summed E-state index contributed by atoms with van der Waals surface area (Å²) in [6.07, 6.45) is 0.260. The Morgan fingerprint density at radius 2 is 1.71 bits per heavy atom. The summed E-state index contributed by atoms with van der Waals surface area (Å²) in [6, 6.07) is 21.1. The molecule has 0 aromatic heterocycles. The predicted molar refractivity (Wildman–Crippen MR) is 105 cm³/mol. The van der Waals surface area contributed by atoms with E-state index in [1.54, 1.807) is 35.2 Å². The molecule has 1 aliphatic rings. The Bertz CT molecular complexity index is 1020. The quantitative estimate of drug-likeness (QED) is 0.738. The largest absolute Gasteiger partial charge is 0.348 e. The highest BCUT2D eigenvalue weighted by Crippen LogP contribution is 2.31. The normalized spacial score (nSPS) is 12.8.